The van der Waals surface area contributed by atoms with Gasteiger partial charge in [-0.15, -0.1) is 0 Å². The first-order chi connectivity index (χ1) is 15.9. The van der Waals surface area contributed by atoms with E-state index in [2.05, 4.69) is 0 Å². The van der Waals surface area contributed by atoms with Crippen LogP contribution in [0.4, 0.5) is 0 Å². The van der Waals surface area contributed by atoms with Crippen molar-refractivity contribution in [3.05, 3.63) is 51.1 Å². The number of carboxylic acids is 1. The molecular weight excluding hydrogens is 456 g/mol. The van der Waals surface area contributed by atoms with Crippen LogP contribution in [0.2, 0.25) is 0 Å². The smallest absolute Gasteiger partial charge is 0.339 e. The van der Waals surface area contributed by atoms with Gasteiger partial charge in [0.1, 0.15) is 53.3 Å². The topological polar surface area (TPSA) is 222 Å². The van der Waals surface area contributed by atoms with Crippen LogP contribution >= 0.6 is 0 Å². The molecule has 12 heteroatoms. The average Bonchev–Trinajstić information content (AvgIpc) is 2.76. The van der Waals surface area contributed by atoms with Crippen LogP contribution in [0.15, 0.2) is 12.1 Å². The molecule has 12 nitrogen and oxygen atoms in total. The average molecular weight is 476 g/mol. The normalized spacial score (nSPS) is 26.2. The highest BCUT2D eigenvalue weighted by atomic mass is 16.5. The molecule has 2 aliphatic rings. The van der Waals surface area contributed by atoms with Crippen molar-refractivity contribution in [2.45, 2.75) is 37.4 Å². The molecule has 1 aliphatic heterocycles. The van der Waals surface area contributed by atoms with E-state index in [4.69, 9.17) is 4.74 Å². The van der Waals surface area contributed by atoms with Gasteiger partial charge in [0, 0.05) is 16.7 Å². The molecule has 0 spiro atoms. The number of hydrogen-bond acceptors (Lipinski definition) is 11. The lowest BCUT2D eigenvalue weighted by molar-refractivity contribution is -0.232. The Balaban J connectivity index is 1.93. The van der Waals surface area contributed by atoms with Crippen LogP contribution in [-0.2, 0) is 4.74 Å². The summed E-state index contributed by atoms with van der Waals surface area (Å²) >= 11 is 0. The van der Waals surface area contributed by atoms with Crippen LogP contribution in [0.3, 0.4) is 0 Å². The minimum Gasteiger partial charge on any atom is -0.507 e. The number of aromatic hydroxyl groups is 3. The lowest BCUT2D eigenvalue weighted by atomic mass is 9.78. The van der Waals surface area contributed by atoms with Gasteiger partial charge in [-0.25, -0.2) is 4.79 Å². The fraction of sp³-hybridized carbons (Fsp3) is 0.318. The first-order valence-electron chi connectivity index (χ1n) is 10.0. The zero-order valence-electron chi connectivity index (χ0n) is 17.5. The highest BCUT2D eigenvalue weighted by molar-refractivity contribution is 6.30. The van der Waals surface area contributed by atoms with Gasteiger partial charge in [0.05, 0.1) is 17.7 Å². The van der Waals surface area contributed by atoms with E-state index < -0.39 is 94.2 Å². The van der Waals surface area contributed by atoms with E-state index in [-0.39, 0.29) is 16.7 Å². The van der Waals surface area contributed by atoms with Crippen LogP contribution in [0.1, 0.15) is 59.4 Å². The molecule has 0 aromatic heterocycles. The number of benzene rings is 2. The van der Waals surface area contributed by atoms with E-state index >= 15 is 0 Å². The van der Waals surface area contributed by atoms with E-state index in [9.17, 15) is 55.2 Å². The van der Waals surface area contributed by atoms with Crippen LogP contribution in [-0.4, -0.2) is 89.4 Å². The Morgan fingerprint density at radius 3 is 2.09 bits per heavy atom. The van der Waals surface area contributed by atoms with Gasteiger partial charge < -0.3 is 45.6 Å². The summed E-state index contributed by atoms with van der Waals surface area (Å²) < 4.78 is 5.35. The van der Waals surface area contributed by atoms with Crippen molar-refractivity contribution in [3.63, 3.8) is 0 Å². The van der Waals surface area contributed by atoms with Crippen molar-refractivity contribution < 1.29 is 60.0 Å². The Hall–Kier alpha value is -3.55. The van der Waals surface area contributed by atoms with Crippen molar-refractivity contribution in [1.29, 1.82) is 0 Å². The molecule has 0 saturated carbocycles. The van der Waals surface area contributed by atoms with Crippen LogP contribution in [0.25, 0.3) is 0 Å². The SMILES string of the molecule is Cc1c(C(=O)O)c(O)cc2c1C(=O)c1c(cc(O)c([C@H]3O[C@H](CO)[C@@H](O)[C@H](O)[C@H]3O)c1O)C2=O. The second-order valence-electron chi connectivity index (χ2n) is 8.11. The Morgan fingerprint density at radius 1 is 0.912 bits per heavy atom. The third-order valence-corrected chi connectivity index (χ3v) is 6.21. The third-order valence-electron chi connectivity index (χ3n) is 6.21. The first kappa shape index (κ1) is 23.6. The molecule has 2 aromatic carbocycles. The molecule has 8 N–H and O–H groups in total. The van der Waals surface area contributed by atoms with E-state index in [1.165, 1.54) is 6.92 Å². The minimum atomic E-state index is -1.91. The van der Waals surface area contributed by atoms with Gasteiger partial charge in [0.25, 0.3) is 0 Å². The number of carbonyl (C=O) groups is 3. The molecule has 1 saturated heterocycles. The number of phenolic OH excluding ortho intramolecular Hbond substituents is 2. The number of ketones is 2. The molecule has 0 amide bonds. The molecule has 34 heavy (non-hydrogen) atoms. The number of aliphatic hydroxyl groups excluding tert-OH is 4. The summed E-state index contributed by atoms with van der Waals surface area (Å²) in [5.41, 5.74) is -3.22. The lowest BCUT2D eigenvalue weighted by Crippen LogP contribution is -2.55. The number of rotatable bonds is 3. The Morgan fingerprint density at radius 2 is 1.50 bits per heavy atom. The van der Waals surface area contributed by atoms with Crippen molar-refractivity contribution in [1.82, 2.24) is 0 Å². The molecule has 1 aliphatic carbocycles. The predicted octanol–water partition coefficient (Wildman–Crippen LogP) is -0.900. The molecule has 0 bridgehead atoms. The van der Waals surface area contributed by atoms with E-state index in [0.29, 0.717) is 0 Å². The van der Waals surface area contributed by atoms with Crippen LogP contribution in [0.5, 0.6) is 17.2 Å². The molecular formula is C22H20O12. The van der Waals surface area contributed by atoms with Crippen molar-refractivity contribution in [2.24, 2.45) is 0 Å². The maximum absolute atomic E-state index is 13.3. The summed E-state index contributed by atoms with van der Waals surface area (Å²) in [6.07, 6.45) is -8.60. The molecule has 2 aromatic rings. The van der Waals surface area contributed by atoms with Gasteiger partial charge in [0.15, 0.2) is 11.6 Å². The highest BCUT2D eigenvalue weighted by Gasteiger charge is 2.47. The van der Waals surface area contributed by atoms with E-state index in [0.717, 1.165) is 12.1 Å². The summed E-state index contributed by atoms with van der Waals surface area (Å²) in [6.45, 7) is 0.410. The monoisotopic (exact) mass is 476 g/mol. The number of carboxylic acid groups (broad SMARTS) is 1. The second-order valence-corrected chi connectivity index (χ2v) is 8.11. The maximum atomic E-state index is 13.3. The summed E-state index contributed by atoms with van der Waals surface area (Å²) in [6, 6.07) is 1.64. The fourth-order valence-corrected chi connectivity index (χ4v) is 4.51. The number of carbonyl (C=O) groups excluding carboxylic acids is 2. The number of phenols is 3. The van der Waals surface area contributed by atoms with Crippen molar-refractivity contribution in [3.8, 4) is 17.2 Å². The molecule has 0 radical (unpaired) electrons. The maximum Gasteiger partial charge on any atom is 0.339 e. The van der Waals surface area contributed by atoms with Crippen molar-refractivity contribution >= 4 is 17.5 Å². The van der Waals surface area contributed by atoms with Gasteiger partial charge in [-0.2, -0.15) is 0 Å². The number of fused-ring (bicyclic) bond motifs is 2. The van der Waals surface area contributed by atoms with Gasteiger partial charge in [-0.05, 0) is 24.6 Å². The summed E-state index contributed by atoms with van der Waals surface area (Å²) in [7, 11) is 0. The molecule has 4 rings (SSSR count). The van der Waals surface area contributed by atoms with Crippen molar-refractivity contribution in [2.75, 3.05) is 6.61 Å². The molecule has 0 unspecified atom stereocenters. The third kappa shape index (κ3) is 3.15. The molecule has 180 valence electrons. The molecule has 5 atom stereocenters. The summed E-state index contributed by atoms with van der Waals surface area (Å²) in [5, 5.41) is 80.8. The molecule has 1 fully saturated rings. The highest BCUT2D eigenvalue weighted by Crippen LogP contribution is 2.47. The summed E-state index contributed by atoms with van der Waals surface area (Å²) in [4.78, 5) is 38.0. The Kier molecular flexibility index (Phi) is 5.58. The van der Waals surface area contributed by atoms with Gasteiger partial charge in [0.2, 0.25) is 0 Å². The molecule has 1 heterocycles. The Labute approximate surface area is 190 Å². The van der Waals surface area contributed by atoms with E-state index in [1.54, 1.807) is 0 Å². The zero-order chi connectivity index (χ0) is 25.2. The van der Waals surface area contributed by atoms with E-state index in [1.807, 2.05) is 0 Å². The van der Waals surface area contributed by atoms with Gasteiger partial charge in [-0.1, -0.05) is 0 Å². The van der Waals surface area contributed by atoms with Crippen LogP contribution < -0.4 is 0 Å². The standard InChI is InChI=1S/C22H20O12/c1-5-11-6(2-8(24)12(5)22(32)33)15(26)7-3-9(25)14(18(29)13(7)17(11)28)21-20(31)19(30)16(27)10(4-23)34-21/h2-3,10,16,19-21,23-25,27,29-31H,4H2,1H3,(H,32,33)/t10-,16-,19+,20-,21-/m1/s1. The lowest BCUT2D eigenvalue weighted by Gasteiger charge is -2.40. The van der Waals surface area contributed by atoms with Crippen LogP contribution in [0, 0.1) is 6.92 Å². The fourth-order valence-electron chi connectivity index (χ4n) is 4.51. The largest absolute Gasteiger partial charge is 0.507 e. The number of aromatic carboxylic acids is 1. The minimum absolute atomic E-state index is 0.228. The quantitative estimate of drug-likeness (QED) is 0.230. The predicted molar refractivity (Wildman–Crippen MR) is 109 cm³/mol. The number of aliphatic hydroxyl groups is 4. The number of ether oxygens (including phenoxy) is 1. The zero-order valence-corrected chi connectivity index (χ0v) is 17.5. The van der Waals surface area contributed by atoms with Gasteiger partial charge >= 0.3 is 5.97 Å². The first-order valence-corrected chi connectivity index (χ1v) is 10.0. The van der Waals surface area contributed by atoms with Gasteiger partial charge in [-0.3, -0.25) is 9.59 Å². The summed E-state index contributed by atoms with van der Waals surface area (Å²) in [5.74, 6) is -5.97. The number of hydrogen-bond donors (Lipinski definition) is 8. The Bertz CT molecular complexity index is 1250. The second kappa shape index (κ2) is 8.04.